The number of carbonyl (C=O) groups is 2. The fraction of sp³-hybridized carbons (Fsp3) is 0.0385. The van der Waals surface area contributed by atoms with E-state index in [1.807, 2.05) is 18.2 Å². The molecule has 1 N–H and O–H groups in total. The lowest BCUT2D eigenvalue weighted by Gasteiger charge is -2.25. The van der Waals surface area contributed by atoms with Crippen molar-refractivity contribution in [2.24, 2.45) is 0 Å². The molecule has 5 rings (SSSR count). The highest BCUT2D eigenvalue weighted by atomic mass is 19.1. The topological polar surface area (TPSA) is 70.5 Å². The summed E-state index contributed by atoms with van der Waals surface area (Å²) in [7, 11) is 0. The number of aromatic nitrogens is 1. The van der Waals surface area contributed by atoms with E-state index in [2.05, 4.69) is 4.98 Å². The number of nitrogens with zero attached hydrogens (tertiary/aromatic N) is 2. The SMILES string of the molecule is O=C1C(=O)N(c2ccc(F)cc2F)C(c2ccccn2)/C1=C(/O)c1cccc2ccccc12. The maximum Gasteiger partial charge on any atom is 0.300 e. The minimum atomic E-state index is -1.20. The maximum atomic E-state index is 14.7. The molecule has 0 aliphatic carbocycles. The average Bonchev–Trinajstić information content (AvgIpc) is 3.09. The van der Waals surface area contributed by atoms with Gasteiger partial charge in [0.2, 0.25) is 0 Å². The van der Waals surface area contributed by atoms with Crippen LogP contribution in [0.1, 0.15) is 17.3 Å². The third-order valence-corrected chi connectivity index (χ3v) is 5.63. The molecule has 1 atom stereocenters. The zero-order valence-electron chi connectivity index (χ0n) is 17.1. The number of pyridine rings is 1. The Morgan fingerprint density at radius 1 is 0.909 bits per heavy atom. The molecule has 1 fully saturated rings. The molecule has 7 heteroatoms. The summed E-state index contributed by atoms with van der Waals surface area (Å²) >= 11 is 0. The molecule has 162 valence electrons. The second-order valence-corrected chi connectivity index (χ2v) is 7.55. The molecular formula is C26H16F2N2O3. The lowest BCUT2D eigenvalue weighted by Crippen LogP contribution is -2.30. The van der Waals surface area contributed by atoms with Gasteiger partial charge in [0, 0.05) is 17.8 Å². The number of benzene rings is 3. The molecule has 1 aliphatic rings. The minimum Gasteiger partial charge on any atom is -0.507 e. The van der Waals surface area contributed by atoms with Crippen molar-refractivity contribution in [2.45, 2.75) is 6.04 Å². The number of hydrogen-bond acceptors (Lipinski definition) is 4. The Morgan fingerprint density at radius 2 is 1.67 bits per heavy atom. The number of hydrogen-bond donors (Lipinski definition) is 1. The smallest absolute Gasteiger partial charge is 0.300 e. The third kappa shape index (κ3) is 3.34. The molecule has 1 amide bonds. The van der Waals surface area contributed by atoms with Gasteiger partial charge in [-0.25, -0.2) is 8.78 Å². The Hall–Kier alpha value is -4.39. The van der Waals surface area contributed by atoms with Gasteiger partial charge >= 0.3 is 0 Å². The Balaban J connectivity index is 1.79. The quantitative estimate of drug-likeness (QED) is 0.271. The number of rotatable bonds is 3. The Kier molecular flexibility index (Phi) is 4.94. The molecule has 0 radical (unpaired) electrons. The monoisotopic (exact) mass is 442 g/mol. The van der Waals surface area contributed by atoms with E-state index in [0.717, 1.165) is 22.4 Å². The summed E-state index contributed by atoms with van der Waals surface area (Å²) in [5.74, 6) is -4.26. The van der Waals surface area contributed by atoms with Crippen molar-refractivity contribution >= 4 is 33.9 Å². The molecule has 1 aliphatic heterocycles. The average molecular weight is 442 g/mol. The molecule has 1 unspecified atom stereocenters. The Bertz CT molecular complexity index is 1450. The van der Waals surface area contributed by atoms with E-state index in [0.29, 0.717) is 17.0 Å². The van der Waals surface area contributed by atoms with Crippen molar-refractivity contribution in [3.05, 3.63) is 114 Å². The summed E-state index contributed by atoms with van der Waals surface area (Å²) in [6.45, 7) is 0. The van der Waals surface area contributed by atoms with E-state index >= 15 is 0 Å². The molecule has 1 aromatic heterocycles. The van der Waals surface area contributed by atoms with E-state index in [1.165, 1.54) is 6.20 Å². The summed E-state index contributed by atoms with van der Waals surface area (Å²) in [6, 6.07) is 18.9. The fourth-order valence-electron chi connectivity index (χ4n) is 4.15. The molecule has 5 nitrogen and oxygen atoms in total. The van der Waals surface area contributed by atoms with Crippen LogP contribution < -0.4 is 4.90 Å². The van der Waals surface area contributed by atoms with E-state index < -0.39 is 35.1 Å². The number of aliphatic hydroxyl groups is 1. The zero-order chi connectivity index (χ0) is 23.1. The van der Waals surface area contributed by atoms with Crippen LogP contribution in [0.25, 0.3) is 16.5 Å². The summed E-state index contributed by atoms with van der Waals surface area (Å²) < 4.78 is 28.2. The predicted molar refractivity (Wildman–Crippen MR) is 119 cm³/mol. The van der Waals surface area contributed by atoms with Crippen molar-refractivity contribution < 1.29 is 23.5 Å². The second kappa shape index (κ2) is 7.94. The largest absolute Gasteiger partial charge is 0.507 e. The molecule has 3 aromatic carbocycles. The van der Waals surface area contributed by atoms with Gasteiger partial charge in [0.25, 0.3) is 11.7 Å². The number of aliphatic hydroxyl groups excluding tert-OH is 1. The number of ketones is 1. The van der Waals surface area contributed by atoms with Crippen molar-refractivity contribution in [3.8, 4) is 0 Å². The van der Waals surface area contributed by atoms with Gasteiger partial charge in [-0.15, -0.1) is 0 Å². The van der Waals surface area contributed by atoms with Gasteiger partial charge in [-0.05, 0) is 35.0 Å². The van der Waals surface area contributed by atoms with Gasteiger partial charge in [0.05, 0.1) is 17.0 Å². The second-order valence-electron chi connectivity index (χ2n) is 7.55. The number of amides is 1. The minimum absolute atomic E-state index is 0.223. The Morgan fingerprint density at radius 3 is 2.42 bits per heavy atom. The summed E-state index contributed by atoms with van der Waals surface area (Å²) in [4.78, 5) is 31.4. The van der Waals surface area contributed by atoms with Crippen LogP contribution in [0.5, 0.6) is 0 Å². The number of Topliss-reactive ketones (excluding diaryl/α,β-unsaturated/α-hetero) is 1. The Labute approximate surface area is 187 Å². The van der Waals surface area contributed by atoms with Crippen LogP contribution in [0.15, 0.2) is 90.6 Å². The van der Waals surface area contributed by atoms with Crippen molar-refractivity contribution in [2.75, 3.05) is 4.90 Å². The van der Waals surface area contributed by atoms with E-state index in [4.69, 9.17) is 0 Å². The van der Waals surface area contributed by atoms with Crippen molar-refractivity contribution in [3.63, 3.8) is 0 Å². The third-order valence-electron chi connectivity index (χ3n) is 5.63. The molecule has 1 saturated heterocycles. The zero-order valence-corrected chi connectivity index (χ0v) is 17.1. The molecule has 0 saturated carbocycles. The van der Waals surface area contributed by atoms with Crippen molar-refractivity contribution in [1.29, 1.82) is 0 Å². The van der Waals surface area contributed by atoms with Crippen molar-refractivity contribution in [1.82, 2.24) is 4.98 Å². The van der Waals surface area contributed by atoms with Crippen LogP contribution in [0.2, 0.25) is 0 Å². The van der Waals surface area contributed by atoms with Crippen LogP contribution >= 0.6 is 0 Å². The molecule has 33 heavy (non-hydrogen) atoms. The van der Waals surface area contributed by atoms with Crippen LogP contribution in [0.4, 0.5) is 14.5 Å². The lowest BCUT2D eigenvalue weighted by atomic mass is 9.95. The van der Waals surface area contributed by atoms with Gasteiger partial charge in [0.15, 0.2) is 0 Å². The van der Waals surface area contributed by atoms with E-state index in [9.17, 15) is 23.5 Å². The van der Waals surface area contributed by atoms with Gasteiger partial charge in [-0.1, -0.05) is 48.5 Å². The number of carbonyl (C=O) groups excluding carboxylic acids is 2. The maximum absolute atomic E-state index is 14.7. The summed E-state index contributed by atoms with van der Waals surface area (Å²) in [5.41, 5.74) is 0.0960. The first-order chi connectivity index (χ1) is 16.0. The highest BCUT2D eigenvalue weighted by Gasteiger charge is 2.48. The summed E-state index contributed by atoms with van der Waals surface area (Å²) in [5, 5.41) is 12.8. The van der Waals surface area contributed by atoms with Gasteiger partial charge in [0.1, 0.15) is 23.4 Å². The lowest BCUT2D eigenvalue weighted by molar-refractivity contribution is -0.132. The number of halogens is 2. The highest BCUT2D eigenvalue weighted by molar-refractivity contribution is 6.51. The molecule has 4 aromatic rings. The molecular weight excluding hydrogens is 426 g/mol. The molecule has 0 spiro atoms. The van der Waals surface area contributed by atoms with Gasteiger partial charge < -0.3 is 5.11 Å². The van der Waals surface area contributed by atoms with Gasteiger partial charge in [-0.2, -0.15) is 0 Å². The van der Waals surface area contributed by atoms with Crippen LogP contribution in [-0.2, 0) is 9.59 Å². The number of anilines is 1. The molecule has 2 heterocycles. The van der Waals surface area contributed by atoms with Crippen LogP contribution in [-0.4, -0.2) is 21.8 Å². The number of fused-ring (bicyclic) bond motifs is 1. The van der Waals surface area contributed by atoms with E-state index in [-0.39, 0.29) is 17.0 Å². The first-order valence-corrected chi connectivity index (χ1v) is 10.1. The van der Waals surface area contributed by atoms with E-state index in [1.54, 1.807) is 42.5 Å². The highest BCUT2D eigenvalue weighted by Crippen LogP contribution is 2.43. The van der Waals surface area contributed by atoms with Crippen LogP contribution in [0, 0.1) is 11.6 Å². The van der Waals surface area contributed by atoms with Crippen LogP contribution in [0.3, 0.4) is 0 Å². The molecule has 0 bridgehead atoms. The normalized spacial score (nSPS) is 17.6. The first kappa shape index (κ1) is 20.5. The predicted octanol–water partition coefficient (Wildman–Crippen LogP) is 5.14. The van der Waals surface area contributed by atoms with Gasteiger partial charge in [-0.3, -0.25) is 19.5 Å². The summed E-state index contributed by atoms with van der Waals surface area (Å²) in [6.07, 6.45) is 1.47. The fourth-order valence-corrected chi connectivity index (χ4v) is 4.15. The standard InChI is InChI=1S/C26H16F2N2O3/c27-16-11-12-21(19(28)14-16)30-23(20-10-3-4-13-29-20)22(25(32)26(30)33)24(31)18-9-5-7-15-6-1-2-8-17(15)18/h1-14,23,31H/b24-22-. The first-order valence-electron chi connectivity index (χ1n) is 10.1.